The number of nitrogens with zero attached hydrogens (tertiary/aromatic N) is 1. The van der Waals surface area contributed by atoms with Crippen molar-refractivity contribution in [3.8, 4) is 0 Å². The lowest BCUT2D eigenvalue weighted by Crippen LogP contribution is -2.28. The molecule has 0 saturated carbocycles. The van der Waals surface area contributed by atoms with Crippen LogP contribution in [0.4, 0.5) is 11.4 Å². The molecule has 0 radical (unpaired) electrons. The zero-order chi connectivity index (χ0) is 23.8. The molecular weight excluding hydrogens is 428 g/mol. The summed E-state index contributed by atoms with van der Waals surface area (Å²) in [4.78, 5) is 27.5. The van der Waals surface area contributed by atoms with Crippen LogP contribution < -0.4 is 10.2 Å². The van der Waals surface area contributed by atoms with E-state index in [2.05, 4.69) is 39.1 Å². The molecule has 33 heavy (non-hydrogen) atoms. The molecule has 4 rings (SSSR count). The molecule has 1 fully saturated rings. The Hall–Kier alpha value is -3.05. The smallest absolute Gasteiger partial charge is 0.255 e. The van der Waals surface area contributed by atoms with Crippen molar-refractivity contribution in [1.29, 1.82) is 0 Å². The summed E-state index contributed by atoms with van der Waals surface area (Å²) in [6.45, 7) is 10.6. The number of carbonyl (C=O) groups excluding carboxylic acids is 2. The number of hydrogen-bond acceptors (Lipinski definition) is 3. The number of carbonyl (C=O) groups is 2. The number of aryl methyl sites for hydroxylation is 2. The number of thioether (sulfide) groups is 1. The lowest BCUT2D eigenvalue weighted by atomic mass is 9.87. The van der Waals surface area contributed by atoms with Gasteiger partial charge in [-0.3, -0.25) is 14.5 Å². The molecule has 5 heteroatoms. The molecule has 170 valence electrons. The van der Waals surface area contributed by atoms with Crippen molar-refractivity contribution in [2.24, 2.45) is 0 Å². The number of hydrogen-bond donors (Lipinski definition) is 1. The van der Waals surface area contributed by atoms with Crippen molar-refractivity contribution in [3.63, 3.8) is 0 Å². The van der Waals surface area contributed by atoms with E-state index in [1.165, 1.54) is 11.1 Å². The first-order valence-corrected chi connectivity index (χ1v) is 12.2. The maximum atomic E-state index is 12.8. The molecule has 1 atom stereocenters. The minimum absolute atomic E-state index is 0.0431. The summed E-state index contributed by atoms with van der Waals surface area (Å²) in [7, 11) is 0. The van der Waals surface area contributed by atoms with Crippen LogP contribution in [0.5, 0.6) is 0 Å². The molecule has 3 aromatic carbocycles. The zero-order valence-corrected chi connectivity index (χ0v) is 20.6. The van der Waals surface area contributed by atoms with E-state index < -0.39 is 0 Å². The van der Waals surface area contributed by atoms with Crippen LogP contribution in [0.3, 0.4) is 0 Å². The summed E-state index contributed by atoms with van der Waals surface area (Å²) in [6, 6.07) is 21.7. The van der Waals surface area contributed by atoms with E-state index in [-0.39, 0.29) is 22.6 Å². The second-order valence-electron chi connectivity index (χ2n) is 9.62. The highest BCUT2D eigenvalue weighted by atomic mass is 32.2. The Morgan fingerprint density at radius 2 is 1.73 bits per heavy atom. The Kier molecular flexibility index (Phi) is 6.35. The summed E-state index contributed by atoms with van der Waals surface area (Å²) < 4.78 is 0. The molecule has 0 bridgehead atoms. The van der Waals surface area contributed by atoms with E-state index in [1.807, 2.05) is 72.5 Å². The minimum Gasteiger partial charge on any atom is -0.322 e. The Bertz CT molecular complexity index is 1200. The highest BCUT2D eigenvalue weighted by molar-refractivity contribution is 8.00. The first kappa shape index (κ1) is 23.1. The van der Waals surface area contributed by atoms with Gasteiger partial charge in [0.2, 0.25) is 5.91 Å². The molecule has 1 N–H and O–H groups in total. The predicted octanol–water partition coefficient (Wildman–Crippen LogP) is 6.63. The van der Waals surface area contributed by atoms with Crippen molar-refractivity contribution < 1.29 is 9.59 Å². The van der Waals surface area contributed by atoms with E-state index in [4.69, 9.17) is 0 Å². The average molecular weight is 459 g/mol. The quantitative estimate of drug-likeness (QED) is 0.477. The first-order chi connectivity index (χ1) is 15.6. The van der Waals surface area contributed by atoms with Gasteiger partial charge in [-0.2, -0.15) is 0 Å². The third-order valence-corrected chi connectivity index (χ3v) is 7.13. The first-order valence-electron chi connectivity index (χ1n) is 11.2. The number of anilines is 2. The Morgan fingerprint density at radius 3 is 2.39 bits per heavy atom. The van der Waals surface area contributed by atoms with Gasteiger partial charge < -0.3 is 5.32 Å². The molecule has 0 unspecified atom stereocenters. The molecule has 3 aromatic rings. The van der Waals surface area contributed by atoms with Gasteiger partial charge in [0.05, 0.1) is 5.75 Å². The second kappa shape index (κ2) is 9.06. The summed E-state index contributed by atoms with van der Waals surface area (Å²) >= 11 is 1.61. The maximum Gasteiger partial charge on any atom is 0.255 e. The lowest BCUT2D eigenvalue weighted by Gasteiger charge is -2.26. The van der Waals surface area contributed by atoms with Gasteiger partial charge in [0, 0.05) is 16.9 Å². The Labute approximate surface area is 200 Å². The van der Waals surface area contributed by atoms with Gasteiger partial charge in [0.1, 0.15) is 5.37 Å². The van der Waals surface area contributed by atoms with Gasteiger partial charge in [0.15, 0.2) is 0 Å². The van der Waals surface area contributed by atoms with Crippen LogP contribution in [-0.4, -0.2) is 17.6 Å². The number of amides is 2. The SMILES string of the molecule is Cc1ccc(N2C(=O)CS[C@@H]2c2cccc(NC(=O)c3ccc(C(C)(C)C)cc3)c2)c(C)c1. The standard InChI is InChI=1S/C28H30N2O2S/c1-18-9-14-24(19(2)15-18)30-25(31)17-33-27(30)21-7-6-8-23(16-21)29-26(32)20-10-12-22(13-11-20)28(3,4)5/h6-16,27H,17H2,1-5H3,(H,29,32)/t27-/m1/s1. The summed E-state index contributed by atoms with van der Waals surface area (Å²) in [5, 5.41) is 2.89. The van der Waals surface area contributed by atoms with E-state index >= 15 is 0 Å². The predicted molar refractivity (Wildman–Crippen MR) is 138 cm³/mol. The van der Waals surface area contributed by atoms with E-state index in [9.17, 15) is 9.59 Å². The molecular formula is C28H30N2O2S. The minimum atomic E-state index is -0.144. The van der Waals surface area contributed by atoms with E-state index in [1.54, 1.807) is 11.8 Å². The van der Waals surface area contributed by atoms with Crippen LogP contribution in [0.1, 0.15) is 58.8 Å². The molecule has 2 amide bonds. The normalized spacial score (nSPS) is 16.2. The lowest BCUT2D eigenvalue weighted by molar-refractivity contribution is -0.115. The second-order valence-corrected chi connectivity index (χ2v) is 10.7. The van der Waals surface area contributed by atoms with Crippen molar-refractivity contribution in [3.05, 3.63) is 94.5 Å². The fourth-order valence-electron chi connectivity index (χ4n) is 4.10. The highest BCUT2D eigenvalue weighted by Gasteiger charge is 2.35. The van der Waals surface area contributed by atoms with Crippen LogP contribution in [0.15, 0.2) is 66.7 Å². The monoisotopic (exact) mass is 458 g/mol. The summed E-state index contributed by atoms with van der Waals surface area (Å²) in [5.74, 6) is 0.397. The molecule has 0 aromatic heterocycles. The Balaban J connectivity index is 1.56. The van der Waals surface area contributed by atoms with Gasteiger partial charge in [-0.15, -0.1) is 11.8 Å². The van der Waals surface area contributed by atoms with Crippen LogP contribution in [0.2, 0.25) is 0 Å². The fourth-order valence-corrected chi connectivity index (χ4v) is 5.26. The molecule has 1 aliphatic heterocycles. The fraction of sp³-hybridized carbons (Fsp3) is 0.286. The van der Waals surface area contributed by atoms with E-state index in [0.717, 1.165) is 22.5 Å². The number of rotatable bonds is 4. The van der Waals surface area contributed by atoms with Crippen molar-refractivity contribution in [2.75, 3.05) is 16.0 Å². The molecule has 4 nitrogen and oxygen atoms in total. The third kappa shape index (κ3) is 4.98. The van der Waals surface area contributed by atoms with Crippen LogP contribution in [0, 0.1) is 13.8 Å². The van der Waals surface area contributed by atoms with Gasteiger partial charge >= 0.3 is 0 Å². The van der Waals surface area contributed by atoms with E-state index in [0.29, 0.717) is 11.3 Å². The van der Waals surface area contributed by atoms with Gasteiger partial charge in [-0.25, -0.2) is 0 Å². The molecule has 1 saturated heterocycles. The van der Waals surface area contributed by atoms with Crippen molar-refractivity contribution >= 4 is 35.0 Å². The topological polar surface area (TPSA) is 49.4 Å². The summed E-state index contributed by atoms with van der Waals surface area (Å²) in [6.07, 6.45) is 0. The van der Waals surface area contributed by atoms with Crippen LogP contribution >= 0.6 is 11.8 Å². The highest BCUT2D eigenvalue weighted by Crippen LogP contribution is 2.43. The van der Waals surface area contributed by atoms with Crippen molar-refractivity contribution in [1.82, 2.24) is 0 Å². The molecule has 0 spiro atoms. The van der Waals surface area contributed by atoms with Crippen molar-refractivity contribution in [2.45, 2.75) is 45.4 Å². The largest absolute Gasteiger partial charge is 0.322 e. The zero-order valence-electron chi connectivity index (χ0n) is 19.8. The van der Waals surface area contributed by atoms with Gasteiger partial charge in [-0.05, 0) is 66.3 Å². The summed E-state index contributed by atoms with van der Waals surface area (Å²) in [5.41, 5.74) is 6.76. The average Bonchev–Trinajstić information content (AvgIpc) is 3.14. The third-order valence-electron chi connectivity index (χ3n) is 5.92. The van der Waals surface area contributed by atoms with Crippen LogP contribution in [-0.2, 0) is 10.2 Å². The van der Waals surface area contributed by atoms with Gasteiger partial charge in [-0.1, -0.05) is 62.7 Å². The number of nitrogens with one attached hydrogen (secondary N) is 1. The van der Waals surface area contributed by atoms with Crippen LogP contribution in [0.25, 0.3) is 0 Å². The number of benzene rings is 3. The maximum absolute atomic E-state index is 12.8. The molecule has 1 aliphatic rings. The molecule has 0 aliphatic carbocycles. The Morgan fingerprint density at radius 1 is 1.00 bits per heavy atom. The molecule has 1 heterocycles. The van der Waals surface area contributed by atoms with Gasteiger partial charge in [0.25, 0.3) is 5.91 Å².